The van der Waals surface area contributed by atoms with Gasteiger partial charge in [-0.25, -0.2) is 8.42 Å². The van der Waals surface area contributed by atoms with Crippen LogP contribution in [0.1, 0.15) is 53.6 Å². The van der Waals surface area contributed by atoms with Gasteiger partial charge < -0.3 is 4.90 Å². The maximum Gasteiger partial charge on any atom is 0.254 e. The summed E-state index contributed by atoms with van der Waals surface area (Å²) in [4.78, 5) is 16.1. The molecule has 0 saturated carbocycles. The Labute approximate surface area is 166 Å². The highest BCUT2D eigenvalue weighted by molar-refractivity contribution is 7.91. The molecule has 1 saturated heterocycles. The van der Waals surface area contributed by atoms with Crippen molar-refractivity contribution < 1.29 is 13.2 Å². The summed E-state index contributed by atoms with van der Waals surface area (Å²) in [7, 11) is -3.06. The molecule has 6 heteroatoms. The molecule has 2 heterocycles. The molecule has 1 aliphatic rings. The van der Waals surface area contributed by atoms with Crippen LogP contribution >= 0.6 is 11.3 Å². The topological polar surface area (TPSA) is 54.5 Å². The molecule has 2 aromatic rings. The van der Waals surface area contributed by atoms with Gasteiger partial charge in [-0.05, 0) is 53.5 Å². The van der Waals surface area contributed by atoms with Crippen LogP contribution in [0.25, 0.3) is 0 Å². The van der Waals surface area contributed by atoms with E-state index in [0.717, 1.165) is 10.4 Å². The van der Waals surface area contributed by atoms with E-state index in [1.165, 1.54) is 5.56 Å². The van der Waals surface area contributed by atoms with Gasteiger partial charge in [-0.3, -0.25) is 4.79 Å². The monoisotopic (exact) mass is 405 g/mol. The third-order valence-corrected chi connectivity index (χ3v) is 7.95. The first-order valence-electron chi connectivity index (χ1n) is 9.22. The number of aryl methyl sites for hydroxylation is 1. The van der Waals surface area contributed by atoms with E-state index in [4.69, 9.17) is 0 Å². The third kappa shape index (κ3) is 4.61. The van der Waals surface area contributed by atoms with Gasteiger partial charge in [0.15, 0.2) is 9.84 Å². The Balaban J connectivity index is 1.89. The summed E-state index contributed by atoms with van der Waals surface area (Å²) in [5, 5.41) is 2.01. The smallest absolute Gasteiger partial charge is 0.254 e. The zero-order valence-electron chi connectivity index (χ0n) is 16.4. The lowest BCUT2D eigenvalue weighted by Crippen LogP contribution is -2.40. The zero-order chi connectivity index (χ0) is 19.8. The van der Waals surface area contributed by atoms with Gasteiger partial charge in [0.05, 0.1) is 18.1 Å². The molecule has 1 amide bonds. The van der Waals surface area contributed by atoms with Crippen molar-refractivity contribution in [3.63, 3.8) is 0 Å². The number of nitrogens with zero attached hydrogens (tertiary/aromatic N) is 1. The van der Waals surface area contributed by atoms with E-state index in [2.05, 4.69) is 20.8 Å². The van der Waals surface area contributed by atoms with Crippen LogP contribution in [0.5, 0.6) is 0 Å². The lowest BCUT2D eigenvalue weighted by atomic mass is 9.86. The van der Waals surface area contributed by atoms with Crippen LogP contribution in [-0.4, -0.2) is 36.8 Å². The number of hydrogen-bond donors (Lipinski definition) is 0. The molecule has 0 unspecified atom stereocenters. The quantitative estimate of drug-likeness (QED) is 0.767. The molecule has 1 aromatic heterocycles. The fourth-order valence-electron chi connectivity index (χ4n) is 3.39. The Morgan fingerprint density at radius 3 is 2.33 bits per heavy atom. The van der Waals surface area contributed by atoms with Crippen molar-refractivity contribution in [3.8, 4) is 0 Å². The molecule has 1 atom stereocenters. The Kier molecular flexibility index (Phi) is 5.50. The normalized spacial score (nSPS) is 19.2. The fourth-order valence-corrected chi connectivity index (χ4v) is 6.02. The summed E-state index contributed by atoms with van der Waals surface area (Å²) in [5.41, 5.74) is 2.95. The van der Waals surface area contributed by atoms with Gasteiger partial charge in [-0.15, -0.1) is 11.3 Å². The zero-order valence-corrected chi connectivity index (χ0v) is 18.0. The lowest BCUT2D eigenvalue weighted by molar-refractivity contribution is 0.0683. The molecular formula is C21H27NO3S2. The first-order valence-corrected chi connectivity index (χ1v) is 11.9. The molecular weight excluding hydrogens is 378 g/mol. The molecule has 1 aromatic carbocycles. The predicted molar refractivity (Wildman–Crippen MR) is 111 cm³/mol. The van der Waals surface area contributed by atoms with Crippen molar-refractivity contribution >= 4 is 27.1 Å². The number of hydrogen-bond acceptors (Lipinski definition) is 4. The Hall–Kier alpha value is -1.66. The molecule has 146 valence electrons. The highest BCUT2D eigenvalue weighted by atomic mass is 32.2. The summed E-state index contributed by atoms with van der Waals surface area (Å²) in [5.74, 6) is 0.127. The summed E-state index contributed by atoms with van der Waals surface area (Å²) < 4.78 is 24.0. The summed E-state index contributed by atoms with van der Waals surface area (Å²) >= 11 is 1.61. The van der Waals surface area contributed by atoms with Crippen molar-refractivity contribution in [2.45, 2.75) is 52.1 Å². The van der Waals surface area contributed by atoms with Gasteiger partial charge in [-0.1, -0.05) is 32.9 Å². The van der Waals surface area contributed by atoms with Crippen LogP contribution in [0.2, 0.25) is 0 Å². The minimum Gasteiger partial charge on any atom is -0.329 e. The Bertz CT molecular complexity index is 921. The molecule has 0 spiro atoms. The van der Waals surface area contributed by atoms with Crippen LogP contribution in [0.15, 0.2) is 35.7 Å². The van der Waals surface area contributed by atoms with Gasteiger partial charge in [0.25, 0.3) is 5.91 Å². The van der Waals surface area contributed by atoms with E-state index in [0.29, 0.717) is 18.5 Å². The Morgan fingerprint density at radius 1 is 1.19 bits per heavy atom. The fraction of sp³-hybridized carbons (Fsp3) is 0.476. The van der Waals surface area contributed by atoms with E-state index >= 15 is 0 Å². The third-order valence-electron chi connectivity index (χ3n) is 5.19. The number of thiophene rings is 1. The highest BCUT2D eigenvalue weighted by Crippen LogP contribution is 2.27. The molecule has 0 bridgehead atoms. The molecule has 1 fully saturated rings. The SMILES string of the molecule is Cc1ccsc1CN(C(=O)c1ccc(C(C)(C)C)cc1)[C@@H]1CCS(=O)(=O)C1. The molecule has 0 N–H and O–H groups in total. The maximum absolute atomic E-state index is 13.3. The molecule has 0 radical (unpaired) electrons. The van der Waals surface area contributed by atoms with Crippen LogP contribution in [0, 0.1) is 6.92 Å². The van der Waals surface area contributed by atoms with E-state index in [1.54, 1.807) is 16.2 Å². The van der Waals surface area contributed by atoms with Gasteiger partial charge in [-0.2, -0.15) is 0 Å². The average molecular weight is 406 g/mol. The first-order chi connectivity index (χ1) is 12.6. The van der Waals surface area contributed by atoms with E-state index in [-0.39, 0.29) is 28.9 Å². The van der Waals surface area contributed by atoms with Gasteiger partial charge in [0, 0.05) is 16.5 Å². The second kappa shape index (κ2) is 7.40. The van der Waals surface area contributed by atoms with Gasteiger partial charge >= 0.3 is 0 Å². The molecule has 4 nitrogen and oxygen atoms in total. The van der Waals surface area contributed by atoms with E-state index in [9.17, 15) is 13.2 Å². The molecule has 27 heavy (non-hydrogen) atoms. The number of sulfone groups is 1. The number of rotatable bonds is 4. The van der Waals surface area contributed by atoms with Gasteiger partial charge in [0.2, 0.25) is 0 Å². The lowest BCUT2D eigenvalue weighted by Gasteiger charge is -2.28. The Morgan fingerprint density at radius 2 is 1.85 bits per heavy atom. The van der Waals surface area contributed by atoms with Gasteiger partial charge in [0.1, 0.15) is 0 Å². The number of amides is 1. The van der Waals surface area contributed by atoms with Crippen molar-refractivity contribution in [1.82, 2.24) is 4.90 Å². The first kappa shape index (κ1) is 20.1. The molecule has 0 aliphatic carbocycles. The summed E-state index contributed by atoms with van der Waals surface area (Å²) in [6, 6.07) is 9.49. The highest BCUT2D eigenvalue weighted by Gasteiger charge is 2.35. The number of benzene rings is 1. The van der Waals surface area contributed by atoms with Crippen LogP contribution in [0.3, 0.4) is 0 Å². The van der Waals surface area contributed by atoms with Crippen LogP contribution in [-0.2, 0) is 21.8 Å². The van der Waals surface area contributed by atoms with Crippen molar-refractivity contribution in [2.24, 2.45) is 0 Å². The minimum atomic E-state index is -3.06. The van der Waals surface area contributed by atoms with Crippen molar-refractivity contribution in [2.75, 3.05) is 11.5 Å². The minimum absolute atomic E-state index is 0.0227. The average Bonchev–Trinajstić information content (AvgIpc) is 3.16. The van der Waals surface area contributed by atoms with Crippen molar-refractivity contribution in [1.29, 1.82) is 0 Å². The summed E-state index contributed by atoms with van der Waals surface area (Å²) in [6.45, 7) is 8.90. The van der Waals surface area contributed by atoms with Crippen LogP contribution in [0.4, 0.5) is 0 Å². The van der Waals surface area contributed by atoms with E-state index < -0.39 is 9.84 Å². The maximum atomic E-state index is 13.3. The number of carbonyl (C=O) groups excluding carboxylic acids is 1. The van der Waals surface area contributed by atoms with E-state index in [1.807, 2.05) is 42.6 Å². The van der Waals surface area contributed by atoms with Crippen molar-refractivity contribution in [3.05, 3.63) is 57.3 Å². The molecule has 3 rings (SSSR count). The largest absolute Gasteiger partial charge is 0.329 e. The number of carbonyl (C=O) groups is 1. The molecule has 1 aliphatic heterocycles. The predicted octanol–water partition coefficient (Wildman–Crippen LogP) is 4.18. The standard InChI is InChI=1S/C21H27NO3S2/c1-15-9-11-26-19(15)13-22(18-10-12-27(24,25)14-18)20(23)16-5-7-17(8-6-16)21(2,3)4/h5-9,11,18H,10,12-14H2,1-4H3/t18-/m1/s1. The second-order valence-corrected chi connectivity index (χ2v) is 11.6. The second-order valence-electron chi connectivity index (χ2n) is 8.34. The summed E-state index contributed by atoms with van der Waals surface area (Å²) in [6.07, 6.45) is 0.512. The van der Waals surface area contributed by atoms with Crippen LogP contribution < -0.4 is 0 Å².